The summed E-state index contributed by atoms with van der Waals surface area (Å²) in [5, 5.41) is 12.5. The van der Waals surface area contributed by atoms with E-state index in [0.717, 1.165) is 4.90 Å². The van der Waals surface area contributed by atoms with E-state index >= 15 is 0 Å². The van der Waals surface area contributed by atoms with Gasteiger partial charge in [0, 0.05) is 10.8 Å². The van der Waals surface area contributed by atoms with Crippen LogP contribution in [0.5, 0.6) is 0 Å². The Morgan fingerprint density at radius 1 is 1.05 bits per heavy atom. The molecule has 1 aromatic heterocycles. The molecule has 20 heavy (non-hydrogen) atoms. The lowest BCUT2D eigenvalue weighted by molar-refractivity contribution is -0.141. The fourth-order valence-electron chi connectivity index (χ4n) is 2.25. The van der Waals surface area contributed by atoms with Gasteiger partial charge in [-0.1, -0.05) is 30.3 Å². The predicted molar refractivity (Wildman–Crippen MR) is 71.6 cm³/mol. The Morgan fingerprint density at radius 2 is 1.60 bits per heavy atom. The Hall–Kier alpha value is -2.47. The number of rotatable bonds is 3. The van der Waals surface area contributed by atoms with Gasteiger partial charge >= 0.3 is 5.97 Å². The molecule has 0 bridgehead atoms. The number of carboxylic acid groups (broad SMARTS) is 1. The van der Waals surface area contributed by atoms with E-state index in [9.17, 15) is 19.5 Å². The average molecular weight is 287 g/mol. The molecular weight excluding hydrogens is 278 g/mol. The lowest BCUT2D eigenvalue weighted by atomic mass is 10.1. The number of carbonyl (C=O) groups excluding carboxylic acids is 2. The molecule has 1 aliphatic heterocycles. The fraction of sp³-hybridized carbons (Fsp3) is 0.0714. The molecule has 100 valence electrons. The fourth-order valence-corrected chi connectivity index (χ4v) is 3.05. The van der Waals surface area contributed by atoms with Gasteiger partial charge in [0.1, 0.15) is 0 Å². The molecule has 1 unspecified atom stereocenters. The summed E-state index contributed by atoms with van der Waals surface area (Å²) >= 11 is 1.25. The van der Waals surface area contributed by atoms with E-state index in [1.165, 1.54) is 11.3 Å². The summed E-state index contributed by atoms with van der Waals surface area (Å²) in [5.74, 6) is -2.34. The molecule has 0 fully saturated rings. The van der Waals surface area contributed by atoms with Crippen molar-refractivity contribution >= 4 is 29.1 Å². The number of imide groups is 1. The van der Waals surface area contributed by atoms with Gasteiger partial charge in [-0.2, -0.15) is 11.3 Å². The van der Waals surface area contributed by atoms with E-state index in [2.05, 4.69) is 0 Å². The Kier molecular flexibility index (Phi) is 2.87. The van der Waals surface area contributed by atoms with Gasteiger partial charge in [0.05, 0.1) is 11.1 Å². The second-order valence-corrected chi connectivity index (χ2v) is 5.07. The first-order valence-electron chi connectivity index (χ1n) is 5.83. The monoisotopic (exact) mass is 287 g/mol. The lowest BCUT2D eigenvalue weighted by Crippen LogP contribution is -2.38. The number of carbonyl (C=O) groups is 3. The zero-order valence-corrected chi connectivity index (χ0v) is 11.0. The van der Waals surface area contributed by atoms with E-state index < -0.39 is 23.8 Å². The van der Waals surface area contributed by atoms with Crippen molar-refractivity contribution < 1.29 is 19.5 Å². The predicted octanol–water partition coefficient (Wildman–Crippen LogP) is 2.17. The van der Waals surface area contributed by atoms with Gasteiger partial charge in [0.25, 0.3) is 11.8 Å². The smallest absolute Gasteiger partial charge is 0.331 e. The average Bonchev–Trinajstić information content (AvgIpc) is 3.00. The number of hydrogen-bond acceptors (Lipinski definition) is 4. The van der Waals surface area contributed by atoms with Crippen molar-refractivity contribution in [3.05, 3.63) is 57.8 Å². The zero-order chi connectivity index (χ0) is 14.3. The van der Waals surface area contributed by atoms with Gasteiger partial charge in [-0.05, 0) is 5.56 Å². The van der Waals surface area contributed by atoms with Crippen molar-refractivity contribution in [3.63, 3.8) is 0 Å². The van der Waals surface area contributed by atoms with Gasteiger partial charge in [-0.3, -0.25) is 14.5 Å². The molecule has 0 radical (unpaired) electrons. The molecule has 2 amide bonds. The number of thiophene rings is 1. The Morgan fingerprint density at radius 3 is 2.10 bits per heavy atom. The number of aliphatic carboxylic acids is 1. The molecule has 2 heterocycles. The first-order valence-corrected chi connectivity index (χ1v) is 6.77. The highest BCUT2D eigenvalue weighted by molar-refractivity contribution is 7.08. The molecule has 5 nitrogen and oxygen atoms in total. The van der Waals surface area contributed by atoms with Gasteiger partial charge in [0.15, 0.2) is 6.04 Å². The molecule has 6 heteroatoms. The van der Waals surface area contributed by atoms with Crippen molar-refractivity contribution in [2.45, 2.75) is 6.04 Å². The first-order chi connectivity index (χ1) is 9.61. The highest BCUT2D eigenvalue weighted by atomic mass is 32.1. The van der Waals surface area contributed by atoms with Crippen LogP contribution in [-0.2, 0) is 4.79 Å². The molecule has 1 N–H and O–H groups in total. The number of amides is 2. The van der Waals surface area contributed by atoms with Crippen LogP contribution in [0.3, 0.4) is 0 Å². The summed E-state index contributed by atoms with van der Waals surface area (Å²) in [5.41, 5.74) is 0.958. The second kappa shape index (κ2) is 4.57. The molecule has 0 aliphatic carbocycles. The van der Waals surface area contributed by atoms with Crippen molar-refractivity contribution in [1.82, 2.24) is 4.90 Å². The number of benzene rings is 1. The summed E-state index contributed by atoms with van der Waals surface area (Å²) < 4.78 is 0. The molecule has 0 saturated heterocycles. The quantitative estimate of drug-likeness (QED) is 0.878. The van der Waals surface area contributed by atoms with E-state index in [1.54, 1.807) is 41.1 Å². The van der Waals surface area contributed by atoms with E-state index in [0.29, 0.717) is 5.56 Å². The normalized spacial score (nSPS) is 15.3. The summed E-state index contributed by atoms with van der Waals surface area (Å²) in [6.45, 7) is 0. The van der Waals surface area contributed by atoms with Crippen molar-refractivity contribution in [2.24, 2.45) is 0 Å². The summed E-state index contributed by atoms with van der Waals surface area (Å²) in [7, 11) is 0. The largest absolute Gasteiger partial charge is 0.479 e. The maximum Gasteiger partial charge on any atom is 0.331 e. The van der Waals surface area contributed by atoms with Crippen LogP contribution in [-0.4, -0.2) is 27.8 Å². The van der Waals surface area contributed by atoms with Crippen LogP contribution in [0.2, 0.25) is 0 Å². The molecule has 0 spiro atoms. The molecule has 3 rings (SSSR count). The number of nitrogens with zero attached hydrogens (tertiary/aromatic N) is 1. The maximum atomic E-state index is 12.2. The minimum atomic E-state index is -1.30. The highest BCUT2D eigenvalue weighted by Crippen LogP contribution is 2.33. The molecule has 1 aromatic carbocycles. The van der Waals surface area contributed by atoms with Crippen LogP contribution in [0.15, 0.2) is 41.1 Å². The molecule has 1 atom stereocenters. The van der Waals surface area contributed by atoms with E-state index in [-0.39, 0.29) is 11.1 Å². The minimum absolute atomic E-state index is 0.280. The number of carboxylic acids is 1. The van der Waals surface area contributed by atoms with Crippen LogP contribution in [0, 0.1) is 0 Å². The zero-order valence-electron chi connectivity index (χ0n) is 10.1. The summed E-state index contributed by atoms with van der Waals surface area (Å²) in [6, 6.07) is 6.97. The summed E-state index contributed by atoms with van der Waals surface area (Å²) in [6.07, 6.45) is 0. The molecule has 2 aromatic rings. The number of hydrogen-bond donors (Lipinski definition) is 1. The molecule has 1 aliphatic rings. The summed E-state index contributed by atoms with van der Waals surface area (Å²) in [4.78, 5) is 36.8. The van der Waals surface area contributed by atoms with Gasteiger partial charge in [-0.25, -0.2) is 4.79 Å². The van der Waals surface area contributed by atoms with Crippen LogP contribution in [0.1, 0.15) is 32.3 Å². The van der Waals surface area contributed by atoms with Gasteiger partial charge in [-0.15, -0.1) is 0 Å². The van der Waals surface area contributed by atoms with Gasteiger partial charge < -0.3 is 5.11 Å². The van der Waals surface area contributed by atoms with Crippen LogP contribution in [0.4, 0.5) is 0 Å². The second-order valence-electron chi connectivity index (χ2n) is 4.33. The van der Waals surface area contributed by atoms with Crippen molar-refractivity contribution in [3.8, 4) is 0 Å². The van der Waals surface area contributed by atoms with Crippen LogP contribution >= 0.6 is 11.3 Å². The minimum Gasteiger partial charge on any atom is -0.479 e. The topological polar surface area (TPSA) is 74.7 Å². The van der Waals surface area contributed by atoms with Crippen LogP contribution in [0.25, 0.3) is 0 Å². The lowest BCUT2D eigenvalue weighted by Gasteiger charge is -2.22. The van der Waals surface area contributed by atoms with E-state index in [1.807, 2.05) is 0 Å². The molecular formula is C14H9NO4S. The third-order valence-electron chi connectivity index (χ3n) is 3.17. The third kappa shape index (κ3) is 1.73. The van der Waals surface area contributed by atoms with Gasteiger partial charge in [0.2, 0.25) is 0 Å². The Labute approximate surface area is 118 Å². The van der Waals surface area contributed by atoms with Crippen LogP contribution < -0.4 is 0 Å². The standard InChI is InChI=1S/C14H9NO4S/c16-12-9-6-20-7-10(9)13(17)15(12)11(14(18)19)8-4-2-1-3-5-8/h1-7,11H,(H,18,19). The van der Waals surface area contributed by atoms with Crippen molar-refractivity contribution in [1.29, 1.82) is 0 Å². The highest BCUT2D eigenvalue weighted by Gasteiger charge is 2.44. The molecule has 0 saturated carbocycles. The van der Waals surface area contributed by atoms with E-state index in [4.69, 9.17) is 0 Å². The Balaban J connectivity index is 2.07. The maximum absolute atomic E-state index is 12.2. The first kappa shape index (κ1) is 12.6. The van der Waals surface area contributed by atoms with Crippen molar-refractivity contribution in [2.75, 3.05) is 0 Å². The third-order valence-corrected chi connectivity index (χ3v) is 3.91. The number of fused-ring (bicyclic) bond motifs is 1. The SMILES string of the molecule is O=C(O)C(c1ccccc1)N1C(=O)c2cscc2C1=O. The Bertz CT molecular complexity index is 676.